The molecule has 5 heteroatoms. The largest absolute Gasteiger partial charge is 0.313 e. The molecule has 0 spiro atoms. The summed E-state index contributed by atoms with van der Waals surface area (Å²) in [6.07, 6.45) is 2.08. The van der Waals surface area contributed by atoms with E-state index in [0.717, 1.165) is 19.4 Å². The monoisotopic (exact) mass is 206 g/mol. The van der Waals surface area contributed by atoms with E-state index < -0.39 is 10.0 Å². The number of nitrogens with one attached hydrogen (secondary N) is 1. The van der Waals surface area contributed by atoms with Crippen molar-refractivity contribution in [2.45, 2.75) is 25.8 Å². The van der Waals surface area contributed by atoms with E-state index in [4.69, 9.17) is 0 Å². The van der Waals surface area contributed by atoms with Crippen LogP contribution in [0.25, 0.3) is 0 Å². The summed E-state index contributed by atoms with van der Waals surface area (Å²) < 4.78 is 24.6. The van der Waals surface area contributed by atoms with E-state index in [0.29, 0.717) is 6.54 Å². The fourth-order valence-corrected chi connectivity index (χ4v) is 2.92. The lowest BCUT2D eigenvalue weighted by Crippen LogP contribution is -2.37. The van der Waals surface area contributed by atoms with Crippen LogP contribution in [0, 0.1) is 0 Å². The molecule has 1 heterocycles. The lowest BCUT2D eigenvalue weighted by molar-refractivity contribution is 0.477. The summed E-state index contributed by atoms with van der Waals surface area (Å²) in [5.41, 5.74) is 0. The van der Waals surface area contributed by atoms with E-state index in [1.807, 2.05) is 6.92 Å². The standard InChI is InChI=1S/C8H18N2O2S/c1-3-10(2)13(11,12)7-8-5-4-6-9-8/h8-9H,3-7H2,1-2H3. The Hall–Kier alpha value is -0.130. The molecule has 0 amide bonds. The zero-order valence-electron chi connectivity index (χ0n) is 8.28. The van der Waals surface area contributed by atoms with Crippen LogP contribution < -0.4 is 5.32 Å². The molecule has 1 saturated heterocycles. The van der Waals surface area contributed by atoms with Crippen LogP contribution in [0.4, 0.5) is 0 Å². The van der Waals surface area contributed by atoms with Crippen molar-refractivity contribution in [3.05, 3.63) is 0 Å². The SMILES string of the molecule is CCN(C)S(=O)(=O)CC1CCCN1. The van der Waals surface area contributed by atoms with Crippen molar-refractivity contribution in [2.75, 3.05) is 25.9 Å². The molecule has 0 saturated carbocycles. The fourth-order valence-electron chi connectivity index (χ4n) is 1.48. The third-order valence-corrected chi connectivity index (χ3v) is 4.53. The van der Waals surface area contributed by atoms with Crippen LogP contribution in [0.5, 0.6) is 0 Å². The maximum atomic E-state index is 11.6. The minimum Gasteiger partial charge on any atom is -0.313 e. The normalized spacial score (nSPS) is 24.1. The maximum absolute atomic E-state index is 11.6. The molecule has 1 aliphatic heterocycles. The van der Waals surface area contributed by atoms with E-state index in [1.165, 1.54) is 4.31 Å². The molecule has 1 unspecified atom stereocenters. The lowest BCUT2D eigenvalue weighted by Gasteiger charge is -2.17. The predicted octanol–water partition coefficient (Wildman–Crippen LogP) is 0.0199. The number of sulfonamides is 1. The summed E-state index contributed by atoms with van der Waals surface area (Å²) >= 11 is 0. The minimum atomic E-state index is -3.02. The lowest BCUT2D eigenvalue weighted by atomic mass is 10.3. The van der Waals surface area contributed by atoms with Crippen molar-refractivity contribution >= 4 is 10.0 Å². The first-order valence-electron chi connectivity index (χ1n) is 4.73. The molecular formula is C8H18N2O2S. The molecule has 0 bridgehead atoms. The Morgan fingerprint density at radius 1 is 1.54 bits per heavy atom. The van der Waals surface area contributed by atoms with Gasteiger partial charge >= 0.3 is 0 Å². The zero-order valence-corrected chi connectivity index (χ0v) is 9.10. The molecule has 1 aliphatic rings. The van der Waals surface area contributed by atoms with Crippen molar-refractivity contribution < 1.29 is 8.42 Å². The van der Waals surface area contributed by atoms with Gasteiger partial charge in [-0.05, 0) is 19.4 Å². The van der Waals surface area contributed by atoms with Crippen molar-refractivity contribution in [3.63, 3.8) is 0 Å². The second-order valence-corrected chi connectivity index (χ2v) is 5.61. The molecular weight excluding hydrogens is 188 g/mol. The van der Waals surface area contributed by atoms with Crippen LogP contribution in [-0.4, -0.2) is 44.7 Å². The fraction of sp³-hybridized carbons (Fsp3) is 1.00. The number of rotatable bonds is 4. The molecule has 0 aromatic rings. The number of nitrogens with zero attached hydrogens (tertiary/aromatic N) is 1. The van der Waals surface area contributed by atoms with Crippen LogP contribution >= 0.6 is 0 Å². The predicted molar refractivity (Wildman–Crippen MR) is 53.1 cm³/mol. The molecule has 78 valence electrons. The average molecular weight is 206 g/mol. The van der Waals surface area contributed by atoms with Crippen molar-refractivity contribution in [3.8, 4) is 0 Å². The summed E-state index contributed by atoms with van der Waals surface area (Å²) in [5, 5.41) is 3.19. The van der Waals surface area contributed by atoms with Gasteiger partial charge in [-0.1, -0.05) is 6.92 Å². The van der Waals surface area contributed by atoms with E-state index in [1.54, 1.807) is 7.05 Å². The van der Waals surface area contributed by atoms with Gasteiger partial charge in [-0.25, -0.2) is 12.7 Å². The number of hydrogen-bond donors (Lipinski definition) is 1. The van der Waals surface area contributed by atoms with E-state index in [-0.39, 0.29) is 11.8 Å². The third kappa shape index (κ3) is 2.93. The Kier molecular flexibility index (Phi) is 3.70. The highest BCUT2D eigenvalue weighted by atomic mass is 32.2. The first-order chi connectivity index (χ1) is 6.06. The summed E-state index contributed by atoms with van der Waals surface area (Å²) in [6, 6.07) is 0.166. The Morgan fingerprint density at radius 3 is 2.69 bits per heavy atom. The Labute approximate surface area is 80.4 Å². The van der Waals surface area contributed by atoms with Gasteiger partial charge in [0.2, 0.25) is 10.0 Å². The van der Waals surface area contributed by atoms with Gasteiger partial charge in [0.25, 0.3) is 0 Å². The van der Waals surface area contributed by atoms with Crippen molar-refractivity contribution in [1.82, 2.24) is 9.62 Å². The second-order valence-electron chi connectivity index (χ2n) is 3.49. The van der Waals surface area contributed by atoms with Crippen LogP contribution in [0.3, 0.4) is 0 Å². The molecule has 1 rings (SSSR count). The van der Waals surface area contributed by atoms with Gasteiger partial charge in [0.15, 0.2) is 0 Å². The van der Waals surface area contributed by atoms with Gasteiger partial charge in [-0.2, -0.15) is 0 Å². The highest BCUT2D eigenvalue weighted by Crippen LogP contribution is 2.09. The van der Waals surface area contributed by atoms with Crippen LogP contribution in [0.15, 0.2) is 0 Å². The highest BCUT2D eigenvalue weighted by Gasteiger charge is 2.24. The van der Waals surface area contributed by atoms with Gasteiger partial charge in [0.1, 0.15) is 0 Å². The van der Waals surface area contributed by atoms with Crippen LogP contribution in [0.2, 0.25) is 0 Å². The summed E-state index contributed by atoms with van der Waals surface area (Å²) in [7, 11) is -1.39. The Bertz CT molecular complexity index is 245. The first kappa shape index (κ1) is 10.9. The molecule has 13 heavy (non-hydrogen) atoms. The van der Waals surface area contributed by atoms with Gasteiger partial charge in [-0.3, -0.25) is 0 Å². The summed E-state index contributed by atoms with van der Waals surface area (Å²) in [5.74, 6) is 0.247. The Balaban J connectivity index is 2.50. The molecule has 4 nitrogen and oxygen atoms in total. The summed E-state index contributed by atoms with van der Waals surface area (Å²) in [6.45, 7) is 3.35. The smallest absolute Gasteiger partial charge is 0.215 e. The molecule has 0 aliphatic carbocycles. The molecule has 1 fully saturated rings. The molecule has 1 N–H and O–H groups in total. The van der Waals surface area contributed by atoms with Crippen molar-refractivity contribution in [1.29, 1.82) is 0 Å². The summed E-state index contributed by atoms with van der Waals surface area (Å²) in [4.78, 5) is 0. The third-order valence-electron chi connectivity index (χ3n) is 2.49. The topological polar surface area (TPSA) is 49.4 Å². The van der Waals surface area contributed by atoms with Crippen molar-refractivity contribution in [2.24, 2.45) is 0 Å². The zero-order chi connectivity index (χ0) is 9.90. The first-order valence-corrected chi connectivity index (χ1v) is 6.34. The molecule has 0 aromatic heterocycles. The Morgan fingerprint density at radius 2 is 2.23 bits per heavy atom. The second kappa shape index (κ2) is 4.39. The van der Waals surface area contributed by atoms with Gasteiger partial charge in [0, 0.05) is 19.6 Å². The highest BCUT2D eigenvalue weighted by molar-refractivity contribution is 7.89. The number of hydrogen-bond acceptors (Lipinski definition) is 3. The van der Waals surface area contributed by atoms with E-state index in [9.17, 15) is 8.42 Å². The quantitative estimate of drug-likeness (QED) is 0.705. The van der Waals surface area contributed by atoms with Gasteiger partial charge < -0.3 is 5.32 Å². The van der Waals surface area contributed by atoms with E-state index in [2.05, 4.69) is 5.32 Å². The van der Waals surface area contributed by atoms with Gasteiger partial charge in [0.05, 0.1) is 5.75 Å². The van der Waals surface area contributed by atoms with E-state index >= 15 is 0 Å². The van der Waals surface area contributed by atoms with Crippen LogP contribution in [0.1, 0.15) is 19.8 Å². The van der Waals surface area contributed by atoms with Gasteiger partial charge in [-0.15, -0.1) is 0 Å². The molecule has 0 radical (unpaired) electrons. The molecule has 0 aromatic carbocycles. The molecule has 1 atom stereocenters. The van der Waals surface area contributed by atoms with Crippen LogP contribution in [-0.2, 0) is 10.0 Å². The average Bonchev–Trinajstić information content (AvgIpc) is 2.54. The minimum absolute atomic E-state index is 0.166. The maximum Gasteiger partial charge on any atom is 0.215 e.